The summed E-state index contributed by atoms with van der Waals surface area (Å²) >= 11 is 0. The first-order chi connectivity index (χ1) is 11.2. The van der Waals surface area contributed by atoms with Gasteiger partial charge in [-0.2, -0.15) is 0 Å². The van der Waals surface area contributed by atoms with Gasteiger partial charge in [-0.1, -0.05) is 13.8 Å². The minimum absolute atomic E-state index is 0.104. The number of carboxylic acids is 1. The summed E-state index contributed by atoms with van der Waals surface area (Å²) < 4.78 is 19.1. The van der Waals surface area contributed by atoms with Gasteiger partial charge in [-0.05, 0) is 31.0 Å². The van der Waals surface area contributed by atoms with Crippen molar-refractivity contribution < 1.29 is 23.8 Å². The van der Waals surface area contributed by atoms with E-state index in [9.17, 15) is 14.0 Å². The summed E-state index contributed by atoms with van der Waals surface area (Å²) in [6.07, 6.45) is -0.214. The number of fused-ring (bicyclic) bond motifs is 1. The number of aromatic nitrogens is 1. The average molecular weight is 336 g/mol. The summed E-state index contributed by atoms with van der Waals surface area (Å²) in [4.78, 5) is 26.3. The summed E-state index contributed by atoms with van der Waals surface area (Å²) in [5, 5.41) is 12.3. The zero-order chi connectivity index (χ0) is 18.1. The van der Waals surface area contributed by atoms with Gasteiger partial charge in [0.2, 0.25) is 0 Å². The molecule has 0 spiro atoms. The Morgan fingerprint density at radius 3 is 2.62 bits per heavy atom. The molecule has 1 aromatic heterocycles. The topological polar surface area (TPSA) is 91.4 Å². The van der Waals surface area contributed by atoms with Crippen molar-refractivity contribution in [1.29, 1.82) is 0 Å². The monoisotopic (exact) mass is 336 g/mol. The van der Waals surface area contributed by atoms with Crippen molar-refractivity contribution in [2.45, 2.75) is 32.7 Å². The molecule has 2 rings (SSSR count). The van der Waals surface area contributed by atoms with Crippen molar-refractivity contribution in [2.24, 2.45) is 5.92 Å². The van der Waals surface area contributed by atoms with Crippen molar-refractivity contribution in [2.75, 3.05) is 7.11 Å². The minimum Gasteiger partial charge on any atom is -0.496 e. The second-order valence-corrected chi connectivity index (χ2v) is 6.32. The summed E-state index contributed by atoms with van der Waals surface area (Å²) in [5.74, 6) is -1.66. The summed E-state index contributed by atoms with van der Waals surface area (Å²) in [7, 11) is 1.46. The number of methoxy groups -OCH3 is 1. The van der Waals surface area contributed by atoms with E-state index in [1.54, 1.807) is 6.92 Å². The largest absolute Gasteiger partial charge is 0.496 e. The van der Waals surface area contributed by atoms with Crippen molar-refractivity contribution in [3.63, 3.8) is 0 Å². The Kier molecular flexibility index (Phi) is 4.82. The number of halogens is 1. The van der Waals surface area contributed by atoms with E-state index in [-0.39, 0.29) is 23.5 Å². The zero-order valence-corrected chi connectivity index (χ0v) is 14.1. The van der Waals surface area contributed by atoms with Crippen LogP contribution in [-0.2, 0) is 4.79 Å². The lowest BCUT2D eigenvalue weighted by Crippen LogP contribution is -2.51. The molecule has 0 aliphatic carbocycles. The second kappa shape index (κ2) is 6.51. The summed E-state index contributed by atoms with van der Waals surface area (Å²) in [6, 6.07) is 4.23. The third kappa shape index (κ3) is 3.34. The van der Waals surface area contributed by atoms with Crippen LogP contribution in [0.1, 0.15) is 37.7 Å². The molecule has 1 amide bonds. The average Bonchev–Trinajstić information content (AvgIpc) is 2.93. The quantitative estimate of drug-likeness (QED) is 0.756. The van der Waals surface area contributed by atoms with Gasteiger partial charge in [0.05, 0.1) is 24.6 Å². The number of hydrogen-bond donors (Lipinski definition) is 3. The van der Waals surface area contributed by atoms with Gasteiger partial charge in [-0.15, -0.1) is 0 Å². The summed E-state index contributed by atoms with van der Waals surface area (Å²) in [5.41, 5.74) is -0.613. The zero-order valence-electron chi connectivity index (χ0n) is 14.1. The van der Waals surface area contributed by atoms with Crippen LogP contribution in [0.2, 0.25) is 0 Å². The van der Waals surface area contributed by atoms with E-state index in [1.807, 2.05) is 13.8 Å². The number of aromatic amines is 1. The van der Waals surface area contributed by atoms with Crippen LogP contribution < -0.4 is 10.1 Å². The molecule has 1 atom stereocenters. The van der Waals surface area contributed by atoms with Crippen molar-refractivity contribution in [3.05, 3.63) is 29.7 Å². The third-order valence-corrected chi connectivity index (χ3v) is 4.36. The number of ether oxygens (including phenoxy) is 1. The van der Waals surface area contributed by atoms with E-state index in [4.69, 9.17) is 9.84 Å². The van der Waals surface area contributed by atoms with Gasteiger partial charge in [-0.3, -0.25) is 9.59 Å². The smallest absolute Gasteiger partial charge is 0.305 e. The molecule has 1 unspecified atom stereocenters. The molecule has 7 heteroatoms. The highest BCUT2D eigenvalue weighted by Crippen LogP contribution is 2.29. The fraction of sp³-hybridized carbons (Fsp3) is 0.412. The molecule has 1 aromatic carbocycles. The molecule has 0 fully saturated rings. The van der Waals surface area contributed by atoms with E-state index < -0.39 is 23.2 Å². The highest BCUT2D eigenvalue weighted by Gasteiger charge is 2.33. The Balaban J connectivity index is 2.37. The Morgan fingerprint density at radius 2 is 2.08 bits per heavy atom. The van der Waals surface area contributed by atoms with E-state index >= 15 is 0 Å². The van der Waals surface area contributed by atoms with Gasteiger partial charge in [0.15, 0.2) is 0 Å². The summed E-state index contributed by atoms with van der Waals surface area (Å²) in [6.45, 7) is 5.34. The van der Waals surface area contributed by atoms with Gasteiger partial charge < -0.3 is 20.1 Å². The molecule has 1 heterocycles. The van der Waals surface area contributed by atoms with E-state index in [0.29, 0.717) is 11.1 Å². The molecule has 2 aromatic rings. The number of benzene rings is 1. The predicted octanol–water partition coefficient (Wildman–Crippen LogP) is 2.93. The Labute approximate surface area is 139 Å². The maximum Gasteiger partial charge on any atom is 0.305 e. The molecule has 130 valence electrons. The molecule has 0 saturated carbocycles. The van der Waals surface area contributed by atoms with Crippen LogP contribution in [0.5, 0.6) is 5.75 Å². The maximum absolute atomic E-state index is 13.9. The maximum atomic E-state index is 13.9. The minimum atomic E-state index is -1.00. The van der Waals surface area contributed by atoms with Gasteiger partial charge in [0, 0.05) is 5.39 Å². The molecule has 3 N–H and O–H groups in total. The van der Waals surface area contributed by atoms with Crippen LogP contribution in [-0.4, -0.2) is 34.6 Å². The van der Waals surface area contributed by atoms with E-state index in [2.05, 4.69) is 10.3 Å². The van der Waals surface area contributed by atoms with Crippen LogP contribution >= 0.6 is 0 Å². The molecule has 0 saturated heterocycles. The van der Waals surface area contributed by atoms with E-state index in [0.717, 1.165) is 0 Å². The second-order valence-electron chi connectivity index (χ2n) is 6.32. The molecule has 0 radical (unpaired) electrons. The Morgan fingerprint density at radius 1 is 1.42 bits per heavy atom. The van der Waals surface area contributed by atoms with Gasteiger partial charge >= 0.3 is 5.97 Å². The van der Waals surface area contributed by atoms with Crippen LogP contribution in [0, 0.1) is 11.7 Å². The van der Waals surface area contributed by atoms with Gasteiger partial charge in [0.1, 0.15) is 17.3 Å². The highest BCUT2D eigenvalue weighted by molar-refractivity contribution is 6.00. The molecule has 0 aliphatic rings. The number of amides is 1. The van der Waals surface area contributed by atoms with Crippen molar-refractivity contribution >= 4 is 22.8 Å². The van der Waals surface area contributed by atoms with Crippen molar-refractivity contribution in [3.8, 4) is 5.75 Å². The van der Waals surface area contributed by atoms with Crippen LogP contribution in [0.3, 0.4) is 0 Å². The molecule has 6 nitrogen and oxygen atoms in total. The molecule has 0 aliphatic heterocycles. The standard InChI is InChI=1S/C17H21FN2O4/c1-9(2)17(3,8-14(21)22)20-16(23)12-7-10-13(24-4)6-5-11(18)15(10)19-12/h5-7,9,19H,8H2,1-4H3,(H,20,23)(H,21,22). The number of aliphatic carboxylic acids is 1. The molecular weight excluding hydrogens is 315 g/mol. The lowest BCUT2D eigenvalue weighted by atomic mass is 9.85. The molecular formula is C17H21FN2O4. The number of carboxylic acid groups (broad SMARTS) is 1. The molecule has 24 heavy (non-hydrogen) atoms. The van der Waals surface area contributed by atoms with E-state index in [1.165, 1.54) is 25.3 Å². The van der Waals surface area contributed by atoms with Crippen LogP contribution in [0.4, 0.5) is 4.39 Å². The number of carbonyl (C=O) groups excluding carboxylic acids is 1. The first-order valence-electron chi connectivity index (χ1n) is 7.57. The number of rotatable bonds is 6. The lowest BCUT2D eigenvalue weighted by Gasteiger charge is -2.33. The van der Waals surface area contributed by atoms with Gasteiger partial charge in [0.25, 0.3) is 5.91 Å². The number of hydrogen-bond acceptors (Lipinski definition) is 3. The third-order valence-electron chi connectivity index (χ3n) is 4.36. The van der Waals surface area contributed by atoms with Crippen LogP contribution in [0.15, 0.2) is 18.2 Å². The Bertz CT molecular complexity index is 784. The first kappa shape index (κ1) is 17.8. The predicted molar refractivity (Wildman–Crippen MR) is 87.8 cm³/mol. The fourth-order valence-electron chi connectivity index (χ4n) is 2.49. The number of carbonyl (C=O) groups is 2. The highest BCUT2D eigenvalue weighted by atomic mass is 19.1. The first-order valence-corrected chi connectivity index (χ1v) is 7.57. The fourth-order valence-corrected chi connectivity index (χ4v) is 2.49. The SMILES string of the molecule is COc1ccc(F)c2[nH]c(C(=O)NC(C)(CC(=O)O)C(C)C)cc12. The number of nitrogens with one attached hydrogen (secondary N) is 2. The van der Waals surface area contributed by atoms with Gasteiger partial charge in [-0.25, -0.2) is 4.39 Å². The lowest BCUT2D eigenvalue weighted by molar-refractivity contribution is -0.138. The number of H-pyrrole nitrogens is 1. The van der Waals surface area contributed by atoms with Crippen molar-refractivity contribution in [1.82, 2.24) is 10.3 Å². The molecule has 0 bridgehead atoms. The normalized spacial score (nSPS) is 13.8. The van der Waals surface area contributed by atoms with Crippen LogP contribution in [0.25, 0.3) is 10.9 Å². The Hall–Kier alpha value is -2.57.